The fraction of sp³-hybridized carbons (Fsp3) is 0.562. The molecular formula is C16H25N3O. The Morgan fingerprint density at radius 1 is 1.50 bits per heavy atom. The van der Waals surface area contributed by atoms with Gasteiger partial charge in [0.2, 0.25) is 5.88 Å². The molecule has 1 fully saturated rings. The van der Waals surface area contributed by atoms with E-state index in [9.17, 15) is 0 Å². The fourth-order valence-electron chi connectivity index (χ4n) is 2.61. The van der Waals surface area contributed by atoms with E-state index < -0.39 is 0 Å². The molecule has 4 heteroatoms. The van der Waals surface area contributed by atoms with E-state index in [0.29, 0.717) is 19.0 Å². The van der Waals surface area contributed by atoms with E-state index in [4.69, 9.17) is 10.5 Å². The lowest BCUT2D eigenvalue weighted by Crippen LogP contribution is -2.33. The molecule has 1 aromatic heterocycles. The maximum absolute atomic E-state index is 5.59. The van der Waals surface area contributed by atoms with Gasteiger partial charge in [0.1, 0.15) is 6.61 Å². The molecule has 0 saturated carbocycles. The Morgan fingerprint density at radius 3 is 3.20 bits per heavy atom. The van der Waals surface area contributed by atoms with Crippen molar-refractivity contribution in [2.45, 2.75) is 26.3 Å². The van der Waals surface area contributed by atoms with Gasteiger partial charge in [-0.3, -0.25) is 4.90 Å². The summed E-state index contributed by atoms with van der Waals surface area (Å²) in [5, 5.41) is 0. The number of pyridine rings is 1. The van der Waals surface area contributed by atoms with Crippen LogP contribution in [0.15, 0.2) is 30.5 Å². The molecule has 1 unspecified atom stereocenters. The Balaban J connectivity index is 1.87. The molecule has 0 bridgehead atoms. The van der Waals surface area contributed by atoms with Crippen molar-refractivity contribution in [1.82, 2.24) is 9.88 Å². The monoisotopic (exact) mass is 275 g/mol. The number of ether oxygens (including phenoxy) is 1. The highest BCUT2D eigenvalue weighted by Crippen LogP contribution is 2.19. The van der Waals surface area contributed by atoms with Gasteiger partial charge in [-0.1, -0.05) is 19.1 Å². The van der Waals surface area contributed by atoms with Crippen molar-refractivity contribution in [3.8, 4) is 5.88 Å². The fourth-order valence-corrected chi connectivity index (χ4v) is 2.61. The van der Waals surface area contributed by atoms with E-state index >= 15 is 0 Å². The van der Waals surface area contributed by atoms with Gasteiger partial charge in [0.25, 0.3) is 0 Å². The third-order valence-corrected chi connectivity index (χ3v) is 3.58. The second-order valence-electron chi connectivity index (χ2n) is 5.50. The van der Waals surface area contributed by atoms with Gasteiger partial charge in [0, 0.05) is 31.9 Å². The summed E-state index contributed by atoms with van der Waals surface area (Å²) >= 11 is 0. The molecular weight excluding hydrogens is 250 g/mol. The standard InChI is InChI=1S/C16H25N3O/c1-14-5-4-9-19(12-14)13-15-6-8-18-16(11-15)20-10-3-2-7-17/h2-3,6,8,11,14H,4-5,7,9-10,12-13,17H2,1H3/b3-2+. The number of aromatic nitrogens is 1. The molecule has 2 heterocycles. The lowest BCUT2D eigenvalue weighted by Gasteiger charge is -2.30. The summed E-state index contributed by atoms with van der Waals surface area (Å²) in [6.07, 6.45) is 8.29. The molecule has 0 aromatic carbocycles. The molecule has 4 nitrogen and oxygen atoms in total. The average molecular weight is 275 g/mol. The quantitative estimate of drug-likeness (QED) is 0.809. The van der Waals surface area contributed by atoms with Crippen LogP contribution in [0.3, 0.4) is 0 Å². The van der Waals surface area contributed by atoms with Gasteiger partial charge in [-0.05, 0) is 36.9 Å². The zero-order valence-corrected chi connectivity index (χ0v) is 12.3. The van der Waals surface area contributed by atoms with Crippen LogP contribution in [0, 0.1) is 5.92 Å². The molecule has 0 aliphatic carbocycles. The van der Waals surface area contributed by atoms with Crippen LogP contribution >= 0.6 is 0 Å². The van der Waals surface area contributed by atoms with Crippen molar-refractivity contribution in [3.05, 3.63) is 36.0 Å². The van der Waals surface area contributed by atoms with Gasteiger partial charge >= 0.3 is 0 Å². The van der Waals surface area contributed by atoms with Crippen LogP contribution < -0.4 is 10.5 Å². The van der Waals surface area contributed by atoms with Crippen molar-refractivity contribution >= 4 is 0 Å². The van der Waals surface area contributed by atoms with Gasteiger partial charge in [-0.15, -0.1) is 0 Å². The van der Waals surface area contributed by atoms with Crippen LogP contribution in [0.2, 0.25) is 0 Å². The van der Waals surface area contributed by atoms with Crippen molar-refractivity contribution < 1.29 is 4.74 Å². The van der Waals surface area contributed by atoms with Crippen LogP contribution in [0.4, 0.5) is 0 Å². The first-order valence-corrected chi connectivity index (χ1v) is 7.43. The lowest BCUT2D eigenvalue weighted by molar-refractivity contribution is 0.176. The summed E-state index contributed by atoms with van der Waals surface area (Å²) in [5.74, 6) is 1.50. The Bertz CT molecular complexity index is 433. The molecule has 20 heavy (non-hydrogen) atoms. The van der Waals surface area contributed by atoms with Crippen LogP contribution in [-0.2, 0) is 6.54 Å². The summed E-state index contributed by atoms with van der Waals surface area (Å²) < 4.78 is 5.59. The summed E-state index contributed by atoms with van der Waals surface area (Å²) in [6, 6.07) is 4.11. The predicted molar refractivity (Wildman–Crippen MR) is 81.6 cm³/mol. The molecule has 110 valence electrons. The van der Waals surface area contributed by atoms with E-state index in [1.54, 1.807) is 0 Å². The Morgan fingerprint density at radius 2 is 2.40 bits per heavy atom. The van der Waals surface area contributed by atoms with Crippen molar-refractivity contribution in [2.24, 2.45) is 11.7 Å². The molecule has 1 aliphatic heterocycles. The minimum Gasteiger partial charge on any atom is -0.473 e. The molecule has 2 N–H and O–H groups in total. The number of hydrogen-bond acceptors (Lipinski definition) is 4. The lowest BCUT2D eigenvalue weighted by atomic mass is 10.00. The second kappa shape index (κ2) is 8.02. The van der Waals surface area contributed by atoms with Crippen LogP contribution in [0.5, 0.6) is 5.88 Å². The van der Waals surface area contributed by atoms with E-state index in [2.05, 4.69) is 22.9 Å². The number of likely N-dealkylation sites (tertiary alicyclic amines) is 1. The molecule has 0 amide bonds. The van der Waals surface area contributed by atoms with Gasteiger partial charge in [-0.25, -0.2) is 4.98 Å². The smallest absolute Gasteiger partial charge is 0.213 e. The molecule has 2 rings (SSSR count). The topological polar surface area (TPSA) is 51.4 Å². The third kappa shape index (κ3) is 4.94. The summed E-state index contributed by atoms with van der Waals surface area (Å²) in [6.45, 7) is 6.77. The second-order valence-corrected chi connectivity index (χ2v) is 5.50. The Hall–Kier alpha value is -1.39. The van der Waals surface area contributed by atoms with Crippen molar-refractivity contribution in [3.63, 3.8) is 0 Å². The summed E-state index contributed by atoms with van der Waals surface area (Å²) in [5.41, 5.74) is 6.65. The maximum atomic E-state index is 5.59. The van der Waals surface area contributed by atoms with E-state index in [1.165, 1.54) is 31.5 Å². The number of nitrogens with zero attached hydrogens (tertiary/aromatic N) is 2. The number of hydrogen-bond donors (Lipinski definition) is 1. The Kier molecular flexibility index (Phi) is 6.02. The zero-order chi connectivity index (χ0) is 14.2. The van der Waals surface area contributed by atoms with E-state index in [-0.39, 0.29) is 0 Å². The number of rotatable bonds is 6. The Labute approximate surface area is 121 Å². The predicted octanol–water partition coefficient (Wildman–Crippen LogP) is 2.21. The van der Waals surface area contributed by atoms with Crippen LogP contribution in [-0.4, -0.2) is 36.1 Å². The van der Waals surface area contributed by atoms with Gasteiger partial charge in [-0.2, -0.15) is 0 Å². The minimum absolute atomic E-state index is 0.522. The van der Waals surface area contributed by atoms with Gasteiger partial charge < -0.3 is 10.5 Å². The third-order valence-electron chi connectivity index (χ3n) is 3.58. The normalized spacial score (nSPS) is 20.4. The maximum Gasteiger partial charge on any atom is 0.213 e. The van der Waals surface area contributed by atoms with Crippen LogP contribution in [0.25, 0.3) is 0 Å². The first-order valence-electron chi connectivity index (χ1n) is 7.43. The van der Waals surface area contributed by atoms with Gasteiger partial charge in [0.05, 0.1) is 0 Å². The molecule has 1 atom stereocenters. The molecule has 0 spiro atoms. The largest absolute Gasteiger partial charge is 0.473 e. The summed E-state index contributed by atoms with van der Waals surface area (Å²) in [4.78, 5) is 6.75. The highest BCUT2D eigenvalue weighted by atomic mass is 16.5. The minimum atomic E-state index is 0.522. The van der Waals surface area contributed by atoms with Crippen LogP contribution in [0.1, 0.15) is 25.3 Å². The molecule has 1 aliphatic rings. The van der Waals surface area contributed by atoms with E-state index in [1.807, 2.05) is 24.4 Å². The first-order chi connectivity index (χ1) is 9.78. The van der Waals surface area contributed by atoms with Crippen molar-refractivity contribution in [2.75, 3.05) is 26.2 Å². The summed E-state index contributed by atoms with van der Waals surface area (Å²) in [7, 11) is 0. The van der Waals surface area contributed by atoms with Crippen molar-refractivity contribution in [1.29, 1.82) is 0 Å². The molecule has 1 saturated heterocycles. The first kappa shape index (κ1) is 15.0. The zero-order valence-electron chi connectivity index (χ0n) is 12.3. The highest BCUT2D eigenvalue weighted by Gasteiger charge is 2.16. The number of piperidine rings is 1. The molecule has 1 aromatic rings. The van der Waals surface area contributed by atoms with Gasteiger partial charge in [0.15, 0.2) is 0 Å². The highest BCUT2D eigenvalue weighted by molar-refractivity contribution is 5.20. The van der Waals surface area contributed by atoms with E-state index in [0.717, 1.165) is 12.5 Å². The average Bonchev–Trinajstić information content (AvgIpc) is 2.44. The number of nitrogens with two attached hydrogens (primary N) is 1. The molecule has 0 radical (unpaired) electrons. The SMILES string of the molecule is CC1CCCN(Cc2ccnc(OC/C=C/CN)c2)C1.